The van der Waals surface area contributed by atoms with Gasteiger partial charge in [0.15, 0.2) is 0 Å². The molecule has 0 aliphatic heterocycles. The van der Waals surface area contributed by atoms with Crippen molar-refractivity contribution < 1.29 is 5.11 Å². The molecule has 0 aliphatic rings. The second kappa shape index (κ2) is 4.14. The summed E-state index contributed by atoms with van der Waals surface area (Å²) in [5, 5.41) is 8.78. The first-order valence-electron chi connectivity index (χ1n) is 4.33. The van der Waals surface area contributed by atoms with Crippen LogP contribution in [0.25, 0.3) is 0 Å². The van der Waals surface area contributed by atoms with Crippen molar-refractivity contribution in [3.63, 3.8) is 0 Å². The normalized spacial score (nSPS) is 10.1. The van der Waals surface area contributed by atoms with Gasteiger partial charge in [0.25, 0.3) is 0 Å². The summed E-state index contributed by atoms with van der Waals surface area (Å²) in [6, 6.07) is 5.88. The van der Waals surface area contributed by atoms with Crippen LogP contribution in [0.4, 0.5) is 11.4 Å². The highest BCUT2D eigenvalue weighted by atomic mass is 16.3. The summed E-state index contributed by atoms with van der Waals surface area (Å²) in [5.74, 6) is 0. The van der Waals surface area contributed by atoms with E-state index in [9.17, 15) is 0 Å². The number of rotatable bonds is 3. The fourth-order valence-electron chi connectivity index (χ4n) is 1.25. The van der Waals surface area contributed by atoms with Crippen LogP contribution in [0.5, 0.6) is 0 Å². The SMILES string of the molecule is Cc1ccc(N)c(N(C)CCO)c1. The van der Waals surface area contributed by atoms with Crippen LogP contribution in [-0.2, 0) is 0 Å². The van der Waals surface area contributed by atoms with Crippen molar-refractivity contribution in [2.24, 2.45) is 0 Å². The van der Waals surface area contributed by atoms with Gasteiger partial charge in [0.2, 0.25) is 0 Å². The first-order valence-corrected chi connectivity index (χ1v) is 4.33. The number of nitrogen functional groups attached to an aromatic ring is 1. The van der Waals surface area contributed by atoms with Gasteiger partial charge in [-0.2, -0.15) is 0 Å². The molecule has 0 unspecified atom stereocenters. The maximum atomic E-state index is 8.78. The van der Waals surface area contributed by atoms with Crippen molar-refractivity contribution in [2.45, 2.75) is 6.92 Å². The smallest absolute Gasteiger partial charge is 0.0606 e. The number of aryl methyl sites for hydroxylation is 1. The zero-order valence-electron chi connectivity index (χ0n) is 8.12. The predicted octanol–water partition coefficient (Wildman–Crippen LogP) is 1.01. The Labute approximate surface area is 78.8 Å². The highest BCUT2D eigenvalue weighted by Gasteiger charge is 2.03. The third kappa shape index (κ3) is 2.36. The fourth-order valence-corrected chi connectivity index (χ4v) is 1.25. The highest BCUT2D eigenvalue weighted by Crippen LogP contribution is 2.22. The minimum atomic E-state index is 0.143. The molecule has 0 saturated carbocycles. The van der Waals surface area contributed by atoms with Gasteiger partial charge in [0.05, 0.1) is 18.0 Å². The number of anilines is 2. The van der Waals surface area contributed by atoms with Crippen molar-refractivity contribution in [3.05, 3.63) is 23.8 Å². The molecule has 0 aliphatic carbocycles. The van der Waals surface area contributed by atoms with Crippen molar-refractivity contribution in [1.82, 2.24) is 0 Å². The molecule has 0 radical (unpaired) electrons. The number of hydrogen-bond donors (Lipinski definition) is 2. The predicted molar refractivity (Wildman–Crippen MR) is 55.9 cm³/mol. The number of aliphatic hydroxyl groups is 1. The van der Waals surface area contributed by atoms with Gasteiger partial charge in [-0.15, -0.1) is 0 Å². The quantitative estimate of drug-likeness (QED) is 0.682. The second-order valence-corrected chi connectivity index (χ2v) is 3.21. The molecule has 0 saturated heterocycles. The van der Waals surface area contributed by atoms with Crippen LogP contribution in [0, 0.1) is 6.92 Å². The van der Waals surface area contributed by atoms with E-state index < -0.39 is 0 Å². The lowest BCUT2D eigenvalue weighted by Crippen LogP contribution is -2.22. The molecule has 3 N–H and O–H groups in total. The van der Waals surface area contributed by atoms with Crippen molar-refractivity contribution >= 4 is 11.4 Å². The molecule has 0 atom stereocenters. The van der Waals surface area contributed by atoms with E-state index >= 15 is 0 Å². The van der Waals surface area contributed by atoms with Gasteiger partial charge in [0, 0.05) is 13.6 Å². The molecule has 0 spiro atoms. The van der Waals surface area contributed by atoms with Gasteiger partial charge in [-0.25, -0.2) is 0 Å². The Balaban J connectivity index is 2.91. The molecule has 3 nitrogen and oxygen atoms in total. The third-order valence-electron chi connectivity index (χ3n) is 2.03. The monoisotopic (exact) mass is 180 g/mol. The first-order chi connectivity index (χ1) is 6.15. The average Bonchev–Trinajstić information content (AvgIpc) is 2.09. The number of hydrogen-bond acceptors (Lipinski definition) is 3. The van der Waals surface area contributed by atoms with Crippen LogP contribution >= 0.6 is 0 Å². The van der Waals surface area contributed by atoms with Gasteiger partial charge in [-0.05, 0) is 24.6 Å². The molecule has 0 aromatic heterocycles. The molecule has 0 fully saturated rings. The Hall–Kier alpha value is -1.22. The Morgan fingerprint density at radius 2 is 2.15 bits per heavy atom. The van der Waals surface area contributed by atoms with Gasteiger partial charge in [-0.1, -0.05) is 6.07 Å². The van der Waals surface area contributed by atoms with Gasteiger partial charge >= 0.3 is 0 Å². The molecule has 0 bridgehead atoms. The Morgan fingerprint density at radius 3 is 2.77 bits per heavy atom. The zero-order chi connectivity index (χ0) is 9.84. The number of likely N-dealkylation sites (N-methyl/N-ethyl adjacent to an activating group) is 1. The van der Waals surface area contributed by atoms with E-state index in [4.69, 9.17) is 10.8 Å². The third-order valence-corrected chi connectivity index (χ3v) is 2.03. The van der Waals surface area contributed by atoms with Crippen LogP contribution in [0.15, 0.2) is 18.2 Å². The Morgan fingerprint density at radius 1 is 1.46 bits per heavy atom. The summed E-state index contributed by atoms with van der Waals surface area (Å²) in [6.45, 7) is 2.77. The van der Waals surface area contributed by atoms with E-state index in [1.165, 1.54) is 5.56 Å². The second-order valence-electron chi connectivity index (χ2n) is 3.21. The number of nitrogens with two attached hydrogens (primary N) is 1. The summed E-state index contributed by atoms with van der Waals surface area (Å²) in [4.78, 5) is 1.95. The zero-order valence-corrected chi connectivity index (χ0v) is 8.12. The summed E-state index contributed by atoms with van der Waals surface area (Å²) in [5.41, 5.74) is 8.70. The fraction of sp³-hybridized carbons (Fsp3) is 0.400. The average molecular weight is 180 g/mol. The maximum Gasteiger partial charge on any atom is 0.0606 e. The van der Waals surface area contributed by atoms with E-state index in [1.54, 1.807) is 0 Å². The van der Waals surface area contributed by atoms with Crippen LogP contribution in [-0.4, -0.2) is 25.3 Å². The lowest BCUT2D eigenvalue weighted by atomic mass is 10.2. The summed E-state index contributed by atoms with van der Waals surface area (Å²) in [7, 11) is 1.92. The summed E-state index contributed by atoms with van der Waals surface area (Å²) < 4.78 is 0. The number of aliphatic hydroxyl groups excluding tert-OH is 1. The number of nitrogens with zero attached hydrogens (tertiary/aromatic N) is 1. The van der Waals surface area contributed by atoms with Gasteiger partial charge in [-0.3, -0.25) is 0 Å². The standard InChI is InChI=1S/C10H16N2O/c1-8-3-4-9(11)10(7-8)12(2)5-6-13/h3-4,7,13H,5-6,11H2,1-2H3. The number of benzene rings is 1. The molecule has 1 aromatic rings. The highest BCUT2D eigenvalue weighted by molar-refractivity contribution is 5.68. The molecule has 72 valence electrons. The van der Waals surface area contributed by atoms with E-state index in [0.717, 1.165) is 11.4 Å². The minimum Gasteiger partial charge on any atom is -0.397 e. The van der Waals surface area contributed by atoms with E-state index in [0.29, 0.717) is 6.54 Å². The molecule has 13 heavy (non-hydrogen) atoms. The van der Waals surface area contributed by atoms with Crippen LogP contribution in [0.1, 0.15) is 5.56 Å². The Kier molecular flexibility index (Phi) is 3.14. The van der Waals surface area contributed by atoms with Crippen LogP contribution in [0.3, 0.4) is 0 Å². The van der Waals surface area contributed by atoms with Crippen molar-refractivity contribution in [1.29, 1.82) is 0 Å². The van der Waals surface area contributed by atoms with E-state index in [1.807, 2.05) is 37.1 Å². The topological polar surface area (TPSA) is 49.5 Å². The molecule has 0 heterocycles. The molecule has 0 amide bonds. The lowest BCUT2D eigenvalue weighted by Gasteiger charge is -2.20. The first kappa shape index (κ1) is 9.86. The molecule has 1 aromatic carbocycles. The molecular formula is C10H16N2O. The van der Waals surface area contributed by atoms with E-state index in [-0.39, 0.29) is 6.61 Å². The molecular weight excluding hydrogens is 164 g/mol. The maximum absolute atomic E-state index is 8.78. The van der Waals surface area contributed by atoms with Gasteiger partial charge < -0.3 is 15.7 Å². The van der Waals surface area contributed by atoms with E-state index in [2.05, 4.69) is 0 Å². The Bertz CT molecular complexity index is 286. The van der Waals surface area contributed by atoms with Gasteiger partial charge in [0.1, 0.15) is 0 Å². The van der Waals surface area contributed by atoms with Crippen molar-refractivity contribution in [3.8, 4) is 0 Å². The largest absolute Gasteiger partial charge is 0.397 e. The lowest BCUT2D eigenvalue weighted by molar-refractivity contribution is 0.304. The van der Waals surface area contributed by atoms with Crippen LogP contribution < -0.4 is 10.6 Å². The summed E-state index contributed by atoms with van der Waals surface area (Å²) in [6.07, 6.45) is 0. The molecule has 3 heteroatoms. The van der Waals surface area contributed by atoms with Crippen LogP contribution in [0.2, 0.25) is 0 Å². The van der Waals surface area contributed by atoms with Crippen molar-refractivity contribution in [2.75, 3.05) is 30.8 Å². The molecule has 1 rings (SSSR count). The summed E-state index contributed by atoms with van der Waals surface area (Å²) >= 11 is 0. The minimum absolute atomic E-state index is 0.143.